The molecule has 12 heteroatoms. The summed E-state index contributed by atoms with van der Waals surface area (Å²) < 4.78 is 58.5. The molecule has 0 radical (unpaired) electrons. The Hall–Kier alpha value is -2.31. The Morgan fingerprint density at radius 1 is 1.34 bits per heavy atom. The molecule has 0 saturated carbocycles. The molecule has 160 valence electrons. The van der Waals surface area contributed by atoms with Crippen LogP contribution in [0.15, 0.2) is 23.4 Å². The molecule has 2 heterocycles. The van der Waals surface area contributed by atoms with Crippen molar-refractivity contribution in [2.75, 3.05) is 27.2 Å². The van der Waals surface area contributed by atoms with Gasteiger partial charge in [0.2, 0.25) is 5.90 Å². The lowest BCUT2D eigenvalue weighted by molar-refractivity contribution is -0.0510. The highest BCUT2D eigenvalue weighted by Crippen LogP contribution is 2.35. The summed E-state index contributed by atoms with van der Waals surface area (Å²) >= 11 is 0. The highest BCUT2D eigenvalue weighted by Gasteiger charge is 2.45. The van der Waals surface area contributed by atoms with Crippen LogP contribution in [-0.2, 0) is 26.3 Å². The molecule has 1 aromatic carbocycles. The molecule has 9 nitrogen and oxygen atoms in total. The number of piperidine rings is 1. The predicted molar refractivity (Wildman–Crippen MR) is 99.0 cm³/mol. The van der Waals surface area contributed by atoms with Crippen molar-refractivity contribution >= 4 is 22.2 Å². The number of carbonyl (C=O) groups excluding carboxylic acids is 1. The fourth-order valence-corrected chi connectivity index (χ4v) is 4.25. The smallest absolute Gasteiger partial charge is 0.392 e. The van der Waals surface area contributed by atoms with E-state index in [1.165, 1.54) is 24.5 Å². The molecular weight excluding hydrogens is 410 g/mol. The summed E-state index contributed by atoms with van der Waals surface area (Å²) in [7, 11) is -0.555. The van der Waals surface area contributed by atoms with E-state index in [9.17, 15) is 22.0 Å². The van der Waals surface area contributed by atoms with Crippen LogP contribution in [0, 0.1) is 11.6 Å². The molecule has 0 aliphatic carbocycles. The van der Waals surface area contributed by atoms with Gasteiger partial charge in [0, 0.05) is 58.2 Å². The molecule has 0 bridgehead atoms. The van der Waals surface area contributed by atoms with Crippen molar-refractivity contribution in [1.29, 1.82) is 0 Å². The molecule has 1 fully saturated rings. The maximum atomic E-state index is 13.6. The van der Waals surface area contributed by atoms with Crippen LogP contribution < -0.4 is 5.32 Å². The zero-order valence-corrected chi connectivity index (χ0v) is 16.8. The summed E-state index contributed by atoms with van der Waals surface area (Å²) in [6.45, 7) is 0.348. The van der Waals surface area contributed by atoms with Crippen molar-refractivity contribution in [3.8, 4) is 0 Å². The van der Waals surface area contributed by atoms with Crippen molar-refractivity contribution < 1.29 is 31.6 Å². The Bertz CT molecular complexity index is 914. The topological polar surface area (TPSA) is 101 Å². The first-order valence-electron chi connectivity index (χ1n) is 8.94. The number of hydrogen-bond acceptors (Lipinski definition) is 6. The SMILES string of the molecule is CN(C)S(=O)(=O)N1CCC2(CC1)CC(OC(=O)NCc1ccc(F)cc1F)=NO2. The Morgan fingerprint density at radius 2 is 2.03 bits per heavy atom. The molecule has 29 heavy (non-hydrogen) atoms. The molecule has 0 atom stereocenters. The molecule has 1 saturated heterocycles. The Kier molecular flexibility index (Phi) is 6.05. The van der Waals surface area contributed by atoms with Crippen LogP contribution >= 0.6 is 0 Å². The van der Waals surface area contributed by atoms with Crippen molar-refractivity contribution in [1.82, 2.24) is 13.9 Å². The van der Waals surface area contributed by atoms with E-state index in [0.29, 0.717) is 12.8 Å². The molecule has 1 spiro atoms. The van der Waals surface area contributed by atoms with Crippen LogP contribution in [0.4, 0.5) is 13.6 Å². The van der Waals surface area contributed by atoms with E-state index in [4.69, 9.17) is 9.57 Å². The first-order chi connectivity index (χ1) is 13.6. The van der Waals surface area contributed by atoms with E-state index in [1.54, 1.807) is 0 Å². The van der Waals surface area contributed by atoms with E-state index < -0.39 is 33.5 Å². The molecule has 0 unspecified atom stereocenters. The standard InChI is InChI=1S/C17H22F2N4O5S/c1-22(2)29(25,26)23-7-5-17(6-8-23)10-15(21-28-17)27-16(24)20-11-12-3-4-13(18)9-14(12)19/h3-4,9H,5-8,10-11H2,1-2H3,(H,20,24). The van der Waals surface area contributed by atoms with E-state index in [2.05, 4.69) is 10.5 Å². The minimum absolute atomic E-state index is 0.0611. The van der Waals surface area contributed by atoms with Crippen LogP contribution in [0.25, 0.3) is 0 Å². The number of hydrogen-bond donors (Lipinski definition) is 1. The minimum atomic E-state index is -3.49. The van der Waals surface area contributed by atoms with E-state index in [-0.39, 0.29) is 37.5 Å². The van der Waals surface area contributed by atoms with E-state index in [1.807, 2.05) is 0 Å². The number of nitrogens with one attached hydrogen (secondary N) is 1. The minimum Gasteiger partial charge on any atom is -0.392 e. The van der Waals surface area contributed by atoms with Crippen molar-refractivity contribution in [2.45, 2.75) is 31.4 Å². The van der Waals surface area contributed by atoms with Crippen LogP contribution in [0.2, 0.25) is 0 Å². The fourth-order valence-electron chi connectivity index (χ4n) is 3.14. The van der Waals surface area contributed by atoms with Gasteiger partial charge in [-0.05, 0) is 6.07 Å². The largest absolute Gasteiger partial charge is 0.414 e. The van der Waals surface area contributed by atoms with Crippen molar-refractivity contribution in [2.24, 2.45) is 5.16 Å². The zero-order chi connectivity index (χ0) is 21.2. The van der Waals surface area contributed by atoms with Gasteiger partial charge in [-0.3, -0.25) is 0 Å². The number of alkyl carbamates (subject to hydrolysis) is 1. The monoisotopic (exact) mass is 432 g/mol. The summed E-state index contributed by atoms with van der Waals surface area (Å²) in [5, 5.41) is 6.15. The number of oxime groups is 1. The van der Waals surface area contributed by atoms with Crippen molar-refractivity contribution in [3.05, 3.63) is 35.4 Å². The lowest BCUT2D eigenvalue weighted by Gasteiger charge is -2.37. The number of halogens is 2. The van der Waals surface area contributed by atoms with Gasteiger partial charge in [-0.25, -0.2) is 13.6 Å². The molecule has 2 aliphatic heterocycles. The molecule has 1 aromatic rings. The Balaban J connectivity index is 1.48. The average molecular weight is 432 g/mol. The van der Waals surface area contributed by atoms with Gasteiger partial charge in [0.1, 0.15) is 17.2 Å². The summed E-state index contributed by atoms with van der Waals surface area (Å²) in [4.78, 5) is 17.4. The second-order valence-corrected chi connectivity index (χ2v) is 9.25. The van der Waals surface area contributed by atoms with Gasteiger partial charge in [-0.2, -0.15) is 17.0 Å². The summed E-state index contributed by atoms with van der Waals surface area (Å²) in [5.74, 6) is -1.42. The summed E-state index contributed by atoms with van der Waals surface area (Å²) in [5.41, 5.74) is -0.601. The number of benzene rings is 1. The van der Waals surface area contributed by atoms with Gasteiger partial charge >= 0.3 is 6.09 Å². The van der Waals surface area contributed by atoms with Gasteiger partial charge in [0.15, 0.2) is 0 Å². The Labute approximate surface area is 167 Å². The average Bonchev–Trinajstić information content (AvgIpc) is 3.03. The number of carbonyl (C=O) groups is 1. The molecule has 2 aliphatic rings. The first-order valence-corrected chi connectivity index (χ1v) is 10.3. The van der Waals surface area contributed by atoms with E-state index in [0.717, 1.165) is 16.4 Å². The van der Waals surface area contributed by atoms with Crippen LogP contribution in [0.5, 0.6) is 0 Å². The summed E-state index contributed by atoms with van der Waals surface area (Å²) in [6.07, 6.45) is 0.180. The fraction of sp³-hybridized carbons (Fsp3) is 0.529. The molecule has 1 amide bonds. The second-order valence-electron chi connectivity index (χ2n) is 7.10. The van der Waals surface area contributed by atoms with Crippen LogP contribution in [0.1, 0.15) is 24.8 Å². The third-order valence-corrected chi connectivity index (χ3v) is 6.83. The van der Waals surface area contributed by atoms with Gasteiger partial charge < -0.3 is 14.9 Å². The first kappa shape index (κ1) is 21.4. The normalized spacial score (nSPS) is 19.1. The molecule has 3 rings (SSSR count). The molecule has 0 aromatic heterocycles. The van der Waals surface area contributed by atoms with E-state index >= 15 is 0 Å². The van der Waals surface area contributed by atoms with Crippen molar-refractivity contribution in [3.63, 3.8) is 0 Å². The quantitative estimate of drug-likeness (QED) is 0.778. The highest BCUT2D eigenvalue weighted by atomic mass is 32.2. The number of amides is 1. The molecular formula is C17H22F2N4O5S. The summed E-state index contributed by atoms with van der Waals surface area (Å²) in [6, 6.07) is 3.04. The zero-order valence-electron chi connectivity index (χ0n) is 16.0. The number of ether oxygens (including phenoxy) is 1. The maximum Gasteiger partial charge on any atom is 0.414 e. The third kappa shape index (κ3) is 4.82. The predicted octanol–water partition coefficient (Wildman–Crippen LogP) is 1.57. The van der Waals surface area contributed by atoms with Crippen LogP contribution in [0.3, 0.4) is 0 Å². The maximum absolute atomic E-state index is 13.6. The van der Waals surface area contributed by atoms with Gasteiger partial charge in [0.25, 0.3) is 10.2 Å². The highest BCUT2D eigenvalue weighted by molar-refractivity contribution is 7.86. The van der Waals surface area contributed by atoms with Gasteiger partial charge in [0.05, 0.1) is 6.42 Å². The lowest BCUT2D eigenvalue weighted by atomic mass is 9.89. The van der Waals surface area contributed by atoms with Crippen LogP contribution in [-0.4, -0.2) is 61.8 Å². The number of nitrogens with zero attached hydrogens (tertiary/aromatic N) is 3. The Morgan fingerprint density at radius 3 is 2.66 bits per heavy atom. The number of rotatable bonds is 4. The second kappa shape index (κ2) is 8.20. The van der Waals surface area contributed by atoms with Gasteiger partial charge in [-0.1, -0.05) is 11.2 Å². The lowest BCUT2D eigenvalue weighted by Crippen LogP contribution is -2.50. The third-order valence-electron chi connectivity index (χ3n) is 4.88. The molecule has 1 N–H and O–H groups in total. The van der Waals surface area contributed by atoms with Gasteiger partial charge in [-0.15, -0.1) is 0 Å².